The number of amidine groups is 1. The van der Waals surface area contributed by atoms with Crippen molar-refractivity contribution in [2.24, 2.45) is 16.6 Å². The predicted octanol–water partition coefficient (Wildman–Crippen LogP) is 2.16. The number of nitrogens with one attached hydrogen (secondary N) is 1. The topological polar surface area (TPSA) is 115 Å². The van der Waals surface area contributed by atoms with E-state index < -0.39 is 13.1 Å². The molecule has 1 saturated heterocycles. The minimum atomic E-state index is -1.75. The van der Waals surface area contributed by atoms with Crippen molar-refractivity contribution in [3.63, 3.8) is 0 Å². The Labute approximate surface area is 262 Å². The van der Waals surface area contributed by atoms with Gasteiger partial charge in [-0.1, -0.05) is 6.07 Å². The van der Waals surface area contributed by atoms with Crippen LogP contribution in [-0.4, -0.2) is 60.9 Å². The van der Waals surface area contributed by atoms with Crippen LogP contribution < -0.4 is 62.4 Å². The Morgan fingerprint density at radius 3 is 2.55 bits per heavy atom. The molecule has 3 N–H and O–H groups in total. The van der Waals surface area contributed by atoms with Crippen molar-refractivity contribution in [2.75, 3.05) is 32.4 Å². The van der Waals surface area contributed by atoms with Crippen LogP contribution in [0.4, 0.5) is 23.7 Å². The molecule has 8 nitrogen and oxygen atoms in total. The van der Waals surface area contributed by atoms with Crippen molar-refractivity contribution in [3.8, 4) is 11.1 Å². The number of carbonyl (C=O) groups excluding carboxylic acids is 2. The number of rotatable bonds is 6. The van der Waals surface area contributed by atoms with Gasteiger partial charge >= 0.3 is 57.4 Å². The molecule has 0 spiro atoms. The predicted molar refractivity (Wildman–Crippen MR) is 138 cm³/mol. The fraction of sp³-hybridized carbons (Fsp3) is 0.385. The number of benzene rings is 1. The minimum absolute atomic E-state index is 0. The maximum atomic E-state index is 13.5. The Kier molecular flexibility index (Phi) is 12.9. The Hall–Kier alpha value is -2.25. The van der Waals surface area contributed by atoms with Gasteiger partial charge < -0.3 is 21.3 Å². The molecule has 1 aliphatic heterocycles. The maximum absolute atomic E-state index is 13.5. The largest absolute Gasteiger partial charge is 1.00 e. The monoisotopic (exact) mass is 554 g/mol. The van der Waals surface area contributed by atoms with E-state index in [4.69, 9.17) is 5.73 Å². The van der Waals surface area contributed by atoms with Gasteiger partial charge in [0.1, 0.15) is 12.0 Å². The van der Waals surface area contributed by atoms with Gasteiger partial charge in [-0.2, -0.15) is 4.99 Å². The minimum Gasteiger partial charge on any atom is -0.686 e. The summed E-state index contributed by atoms with van der Waals surface area (Å²) in [7, 11) is 1.64. The van der Waals surface area contributed by atoms with Gasteiger partial charge in [-0.25, -0.2) is 18.0 Å². The number of halogens is 3. The summed E-state index contributed by atoms with van der Waals surface area (Å²) in [5.41, 5.74) is 10.6. The summed E-state index contributed by atoms with van der Waals surface area (Å²) >= 11 is 0. The molecule has 1 atom stereocenters. The van der Waals surface area contributed by atoms with Crippen molar-refractivity contribution in [2.45, 2.75) is 32.4 Å². The molecule has 1 aromatic carbocycles. The summed E-state index contributed by atoms with van der Waals surface area (Å²) in [6.07, 6.45) is 6.09. The third-order valence-electron chi connectivity index (χ3n) is 5.94. The van der Waals surface area contributed by atoms with E-state index in [1.807, 2.05) is 31.2 Å². The van der Waals surface area contributed by atoms with Gasteiger partial charge in [-0.05, 0) is 67.2 Å². The molecule has 1 unspecified atom stereocenters. The van der Waals surface area contributed by atoms with Crippen molar-refractivity contribution in [1.82, 2.24) is 9.88 Å². The number of carbonyl (C=O) groups is 2. The number of alkyl halides is 3. The zero-order chi connectivity index (χ0) is 26.9. The maximum Gasteiger partial charge on any atom is 1.00 e. The summed E-state index contributed by atoms with van der Waals surface area (Å²) in [4.78, 5) is 34.2. The third-order valence-corrected chi connectivity index (χ3v) is 5.94. The van der Waals surface area contributed by atoms with Crippen LogP contribution in [0.5, 0.6) is 0 Å². The summed E-state index contributed by atoms with van der Waals surface area (Å²) in [6, 6.07) is 7.21. The number of nitrogens with zero attached hydrogens (tertiary/aromatic N) is 4. The Morgan fingerprint density at radius 2 is 1.95 bits per heavy atom. The molecule has 38 heavy (non-hydrogen) atoms. The first kappa shape index (κ1) is 32.0. The molecular weight excluding hydrogens is 524 g/mol. The van der Waals surface area contributed by atoms with E-state index in [1.165, 1.54) is 4.90 Å². The number of aryl methyl sites for hydroxylation is 1. The van der Waals surface area contributed by atoms with Gasteiger partial charge in [0, 0.05) is 36.1 Å². The van der Waals surface area contributed by atoms with Crippen LogP contribution in [0.2, 0.25) is 0 Å². The summed E-state index contributed by atoms with van der Waals surface area (Å²) in [5, 5.41) is 7.14. The van der Waals surface area contributed by atoms with E-state index >= 15 is 0 Å². The van der Waals surface area contributed by atoms with Crippen LogP contribution in [0.15, 0.2) is 47.7 Å². The number of aromatic nitrogens is 1. The zero-order valence-electron chi connectivity index (χ0n) is 21.8. The second-order valence-electron chi connectivity index (χ2n) is 8.76. The van der Waals surface area contributed by atoms with Crippen LogP contribution in [0.25, 0.3) is 22.1 Å². The Morgan fingerprint density at radius 1 is 1.24 bits per heavy atom. The second kappa shape index (κ2) is 15.4. The summed E-state index contributed by atoms with van der Waals surface area (Å²) in [5.74, 6) is -0.0821. The van der Waals surface area contributed by atoms with E-state index in [0.717, 1.165) is 35.1 Å². The standard InChI is InChI=1S/C25H29FN6O2.CH2F2.K/c1-15-3-6-20(30-25(34)32-8-7-19(26)14-32)10-21(15)17-9-18(13-29-12-17)22(28-2)11-23(27)31-24(33)16-4-5-16;2-1-3;/h3,6,9-13,16,19H,4-5,7-8,14H2,1-2H3,(H4,27,28,30,31,33,34);1H2;/q;;+1/p-1. The molecule has 2 aromatic rings. The molecule has 12 heteroatoms. The summed E-state index contributed by atoms with van der Waals surface area (Å²) < 4.78 is 32.7. The number of hydrogen-bond donors (Lipinski definition) is 2. The van der Waals surface area contributed by atoms with E-state index in [-0.39, 0.29) is 81.6 Å². The van der Waals surface area contributed by atoms with E-state index in [0.29, 0.717) is 24.4 Å². The molecular formula is C26H30F3KN6O2. The van der Waals surface area contributed by atoms with Crippen LogP contribution in [-0.2, 0) is 4.79 Å². The molecule has 198 valence electrons. The molecule has 2 heterocycles. The zero-order valence-corrected chi connectivity index (χ0v) is 24.9. The number of nitrogens with two attached hydrogens (primary N) is 1. The molecule has 2 aliphatic rings. The molecule has 1 aromatic heterocycles. The van der Waals surface area contributed by atoms with Gasteiger partial charge in [0.05, 0.1) is 6.54 Å². The number of hydrogen-bond acceptors (Lipinski definition) is 3. The Bertz CT molecular complexity index is 1190. The molecule has 1 saturated carbocycles. The molecule has 2 fully saturated rings. The first-order chi connectivity index (χ1) is 17.7. The van der Waals surface area contributed by atoms with Crippen molar-refractivity contribution >= 4 is 29.2 Å². The average molecular weight is 555 g/mol. The number of likely N-dealkylation sites (tertiary alicyclic amines) is 1. The molecule has 0 bridgehead atoms. The van der Waals surface area contributed by atoms with Gasteiger partial charge in [-0.3, -0.25) is 9.78 Å². The number of anilines is 1. The van der Waals surface area contributed by atoms with Crippen LogP contribution in [0.3, 0.4) is 0 Å². The molecule has 3 amide bonds. The van der Waals surface area contributed by atoms with E-state index in [9.17, 15) is 22.8 Å². The number of amides is 3. The number of aliphatic imine (C=N–C) groups is 1. The fourth-order valence-corrected chi connectivity index (χ4v) is 3.84. The van der Waals surface area contributed by atoms with Gasteiger partial charge in [0.25, 0.3) is 5.91 Å². The van der Waals surface area contributed by atoms with Crippen LogP contribution >= 0.6 is 0 Å². The van der Waals surface area contributed by atoms with Crippen molar-refractivity contribution in [3.05, 3.63) is 59.2 Å². The Balaban J connectivity index is 0.00000121. The number of pyridine rings is 1. The molecule has 0 radical (unpaired) electrons. The van der Waals surface area contributed by atoms with Gasteiger partial charge in [0.15, 0.2) is 0 Å². The first-order valence-electron chi connectivity index (χ1n) is 11.8. The van der Waals surface area contributed by atoms with Crippen molar-refractivity contribution in [1.29, 1.82) is 0 Å². The summed E-state index contributed by atoms with van der Waals surface area (Å²) in [6.45, 7) is 0.744. The van der Waals surface area contributed by atoms with Gasteiger partial charge in [-0.15, -0.1) is 12.7 Å². The van der Waals surface area contributed by atoms with Crippen molar-refractivity contribution < 1.29 is 74.1 Å². The van der Waals surface area contributed by atoms with Crippen LogP contribution in [0, 0.1) is 12.8 Å². The van der Waals surface area contributed by atoms with Gasteiger partial charge in [0.2, 0.25) is 6.93 Å². The number of urea groups is 1. The smallest absolute Gasteiger partial charge is 0.686 e. The molecule has 4 rings (SSSR count). The third kappa shape index (κ3) is 9.19. The fourth-order valence-electron chi connectivity index (χ4n) is 3.84. The first-order valence-corrected chi connectivity index (χ1v) is 11.8. The SMILES string of the molecule is C[N-]/C(=C\C(N)=NC(=O)C1CC1)c1cncc(-c2cc(NC(=O)N3CCC(F)C3)ccc2C)c1.FCF.[K+]. The average Bonchev–Trinajstić information content (AvgIpc) is 3.64. The normalized spacial score (nSPS) is 17.2. The molecule has 1 aliphatic carbocycles. The van der Waals surface area contributed by atoms with E-state index in [1.54, 1.807) is 25.5 Å². The van der Waals surface area contributed by atoms with Crippen LogP contribution in [0.1, 0.15) is 30.4 Å². The second-order valence-corrected chi connectivity index (χ2v) is 8.76. The quantitative estimate of drug-likeness (QED) is 0.324. The van der Waals surface area contributed by atoms with E-state index in [2.05, 4.69) is 20.6 Å².